The monoisotopic (exact) mass is 1030 g/mol. The van der Waals surface area contributed by atoms with Gasteiger partial charge in [-0.2, -0.15) is 0 Å². The summed E-state index contributed by atoms with van der Waals surface area (Å²) in [6, 6.07) is 22.5. The normalized spacial score (nSPS) is 21.9. The van der Waals surface area contributed by atoms with Crippen LogP contribution in [0.2, 0.25) is 0 Å². The van der Waals surface area contributed by atoms with Gasteiger partial charge in [0, 0.05) is 55.5 Å². The highest BCUT2D eigenvalue weighted by Crippen LogP contribution is 2.58. The second-order valence-corrected chi connectivity index (χ2v) is 22.3. The molecule has 4 aromatic carbocycles. The van der Waals surface area contributed by atoms with Crippen LogP contribution in [0.5, 0.6) is 5.75 Å². The standard InChI is InChI=1S/C55H59FN7O10P/c1-5-25-71-54(69)34(3)59-74(70,73-42-9-7-6-8-10-42)49(56)37-14-12-35-13-15-38(28-39(35)27-37)50(65)57-44-32-61(53(68)48-43-26-33(2)11-18-46(43)72-58-48)24-20-41-16-17-45(63(41)51(44)66)52(67)62-31-40(30-55(62)21-22-55)36-19-23-60(4)47(64)29-36/h6-15,18-19,23,26-29,34,40-41,44-45,49H,5,16-17,20-22,24-25,30-32H2,1-4H3,(H,57,65)(H,59,70)/t34-,40+,41+,44-,45-,49+,74?/m0/s1. The van der Waals surface area contributed by atoms with Crippen LogP contribution < -0.4 is 20.5 Å². The van der Waals surface area contributed by atoms with Crippen LogP contribution in [0.3, 0.4) is 0 Å². The van der Waals surface area contributed by atoms with E-state index in [1.165, 1.54) is 46.7 Å². The van der Waals surface area contributed by atoms with Crippen LogP contribution >= 0.6 is 7.52 Å². The number of benzene rings is 4. The number of nitrogens with zero attached hydrogens (tertiary/aromatic N) is 5. The molecular weight excluding hydrogens is 969 g/mol. The van der Waals surface area contributed by atoms with Crippen molar-refractivity contribution in [1.29, 1.82) is 0 Å². The third-order valence-corrected chi connectivity index (χ3v) is 17.2. The van der Waals surface area contributed by atoms with Gasteiger partial charge in [-0.05, 0) is 129 Å². The van der Waals surface area contributed by atoms with Gasteiger partial charge in [-0.3, -0.25) is 33.3 Å². The number of carbonyl (C=O) groups is 5. The average molecular weight is 1030 g/mol. The number of carbonyl (C=O) groups excluding carboxylic acids is 5. The quantitative estimate of drug-likeness (QED) is 0.0796. The predicted octanol–water partition coefficient (Wildman–Crippen LogP) is 7.71. The molecule has 0 bridgehead atoms. The summed E-state index contributed by atoms with van der Waals surface area (Å²) in [6.45, 7) is 5.61. The molecule has 3 saturated heterocycles. The van der Waals surface area contributed by atoms with Crippen molar-refractivity contribution in [2.45, 2.75) is 107 Å². The highest BCUT2D eigenvalue weighted by molar-refractivity contribution is 7.57. The summed E-state index contributed by atoms with van der Waals surface area (Å²) in [6.07, 6.45) is 5.92. The van der Waals surface area contributed by atoms with Crippen LogP contribution in [0.4, 0.5) is 4.39 Å². The van der Waals surface area contributed by atoms with Crippen molar-refractivity contribution in [2.24, 2.45) is 7.05 Å². The highest BCUT2D eigenvalue weighted by atomic mass is 31.2. The molecule has 17 nitrogen and oxygen atoms in total. The second kappa shape index (κ2) is 20.3. The molecule has 2 aromatic heterocycles. The second-order valence-electron chi connectivity index (χ2n) is 20.2. The van der Waals surface area contributed by atoms with Gasteiger partial charge >= 0.3 is 13.5 Å². The van der Waals surface area contributed by atoms with E-state index in [9.17, 15) is 28.5 Å². The summed E-state index contributed by atoms with van der Waals surface area (Å²) < 4.78 is 49.6. The van der Waals surface area contributed by atoms with Gasteiger partial charge < -0.3 is 38.4 Å². The Morgan fingerprint density at radius 2 is 1.72 bits per heavy atom. The van der Waals surface area contributed by atoms with E-state index in [2.05, 4.69) is 15.6 Å². The molecule has 4 amide bonds. The molecule has 2 N–H and O–H groups in total. The first-order valence-electron chi connectivity index (χ1n) is 25.3. The lowest BCUT2D eigenvalue weighted by molar-refractivity contribution is -0.148. The minimum absolute atomic E-state index is 0.0407. The number of halogens is 1. The number of hydrogen-bond acceptors (Lipinski definition) is 11. The van der Waals surface area contributed by atoms with Crippen molar-refractivity contribution in [2.75, 3.05) is 26.2 Å². The maximum absolute atomic E-state index is 16.9. The minimum Gasteiger partial charge on any atom is -0.465 e. The first kappa shape index (κ1) is 50.4. The SMILES string of the molecule is CCCOC(=O)[C@H](C)NP(=O)(Oc1ccccc1)[C@@H](F)c1ccc2ccc(C(=O)N[C@H]3CN(C(=O)c4noc5ccc(C)cc45)CC[C@H]4CC[C@@H](C(=O)N5C[C@H](c6ccn(C)c(=O)c6)CC56CC6)N4C3=O)cc2c1. The van der Waals surface area contributed by atoms with Gasteiger partial charge in [0.2, 0.25) is 17.7 Å². The fraction of sp³-hybridized carbons (Fsp3) is 0.400. The number of aryl methyl sites for hydroxylation is 2. The highest BCUT2D eigenvalue weighted by Gasteiger charge is 2.59. The number of hydrogen-bond donors (Lipinski definition) is 2. The van der Waals surface area contributed by atoms with E-state index < -0.39 is 61.3 Å². The van der Waals surface area contributed by atoms with Gasteiger partial charge in [0.1, 0.15) is 23.9 Å². The van der Waals surface area contributed by atoms with Gasteiger partial charge in [0.25, 0.3) is 17.4 Å². The van der Waals surface area contributed by atoms with E-state index in [-0.39, 0.29) is 65.2 Å². The Hall–Kier alpha value is -7.17. The van der Waals surface area contributed by atoms with Crippen LogP contribution in [0.15, 0.2) is 113 Å². The Morgan fingerprint density at radius 3 is 2.47 bits per heavy atom. The number of fused-ring (bicyclic) bond motifs is 3. The zero-order valence-electron chi connectivity index (χ0n) is 41.7. The number of alkyl halides is 1. The lowest BCUT2D eigenvalue weighted by Crippen LogP contribution is -2.61. The Labute approximate surface area is 426 Å². The maximum Gasteiger partial charge on any atom is 0.355 e. The van der Waals surface area contributed by atoms with Crippen LogP contribution in [0, 0.1) is 6.92 Å². The Morgan fingerprint density at radius 1 is 0.932 bits per heavy atom. The molecule has 7 atom stereocenters. The number of para-hydroxylation sites is 1. The third kappa shape index (κ3) is 9.84. The molecule has 74 heavy (non-hydrogen) atoms. The van der Waals surface area contributed by atoms with Crippen LogP contribution in [-0.2, 0) is 30.7 Å². The van der Waals surface area contributed by atoms with E-state index >= 15 is 9.18 Å². The lowest BCUT2D eigenvalue weighted by atomic mass is 9.96. The molecule has 3 aliphatic heterocycles. The maximum atomic E-state index is 16.9. The van der Waals surface area contributed by atoms with E-state index in [0.29, 0.717) is 60.4 Å². The molecular formula is C55H59FN7O10P. The molecule has 1 aliphatic carbocycles. The van der Waals surface area contributed by atoms with E-state index in [1.54, 1.807) is 66.7 Å². The summed E-state index contributed by atoms with van der Waals surface area (Å²) >= 11 is 0. The molecule has 6 aromatic rings. The smallest absolute Gasteiger partial charge is 0.355 e. The first-order valence-corrected chi connectivity index (χ1v) is 27.0. The number of ether oxygens (including phenoxy) is 1. The van der Waals surface area contributed by atoms with Crippen LogP contribution in [0.1, 0.15) is 108 Å². The molecule has 1 spiro atoms. The van der Waals surface area contributed by atoms with Crippen LogP contribution in [-0.4, -0.2) is 110 Å². The molecule has 1 unspecified atom stereocenters. The number of amides is 4. The summed E-state index contributed by atoms with van der Waals surface area (Å²) in [4.78, 5) is 89.8. The molecule has 4 aliphatic rings. The Balaban J connectivity index is 0.939. The van der Waals surface area contributed by atoms with Crippen molar-refractivity contribution in [1.82, 2.24) is 34.8 Å². The number of pyridine rings is 1. The van der Waals surface area contributed by atoms with Crippen molar-refractivity contribution < 1.29 is 46.7 Å². The molecule has 1 saturated carbocycles. The molecule has 19 heteroatoms. The summed E-state index contributed by atoms with van der Waals surface area (Å²) in [7, 11) is -2.87. The topological polar surface area (TPSA) is 203 Å². The zero-order valence-corrected chi connectivity index (χ0v) is 42.6. The van der Waals surface area contributed by atoms with Crippen LogP contribution in [0.25, 0.3) is 21.7 Å². The van der Waals surface area contributed by atoms with Gasteiger partial charge in [-0.1, -0.05) is 60.1 Å². The van der Waals surface area contributed by atoms with Crippen molar-refractivity contribution in [3.05, 3.63) is 142 Å². The molecule has 386 valence electrons. The van der Waals surface area contributed by atoms with E-state index in [1.807, 2.05) is 36.9 Å². The summed E-state index contributed by atoms with van der Waals surface area (Å²) in [5, 5.41) is 11.2. The van der Waals surface area contributed by atoms with E-state index in [4.69, 9.17) is 13.8 Å². The Kier molecular flexibility index (Phi) is 13.8. The van der Waals surface area contributed by atoms with Crippen molar-refractivity contribution in [3.63, 3.8) is 0 Å². The zero-order chi connectivity index (χ0) is 52.1. The number of nitrogens with one attached hydrogen (secondary N) is 2. The van der Waals surface area contributed by atoms with Gasteiger partial charge in [-0.15, -0.1) is 0 Å². The number of aromatic nitrogens is 2. The van der Waals surface area contributed by atoms with Gasteiger partial charge in [0.15, 0.2) is 11.3 Å². The van der Waals surface area contributed by atoms with Gasteiger partial charge in [-0.25, -0.2) is 9.48 Å². The molecule has 0 radical (unpaired) electrons. The summed E-state index contributed by atoms with van der Waals surface area (Å²) in [5.41, 5.74) is 1.82. The number of likely N-dealkylation sites (tertiary alicyclic amines) is 1. The summed E-state index contributed by atoms with van der Waals surface area (Å²) in [5.74, 6) is -4.77. The lowest BCUT2D eigenvalue weighted by Gasteiger charge is -2.40. The number of rotatable bonds is 14. The number of esters is 1. The minimum atomic E-state index is -4.57. The van der Waals surface area contributed by atoms with Gasteiger partial charge in [0.05, 0.1) is 18.5 Å². The fourth-order valence-electron chi connectivity index (χ4n) is 10.9. The first-order chi connectivity index (χ1) is 35.5. The third-order valence-electron chi connectivity index (χ3n) is 15.1. The predicted molar refractivity (Wildman–Crippen MR) is 273 cm³/mol. The molecule has 4 fully saturated rings. The van der Waals surface area contributed by atoms with Crippen molar-refractivity contribution >= 4 is 58.9 Å². The van der Waals surface area contributed by atoms with Crippen molar-refractivity contribution in [3.8, 4) is 5.75 Å². The van der Waals surface area contributed by atoms with E-state index in [0.717, 1.165) is 24.0 Å². The molecule has 10 rings (SSSR count). The largest absolute Gasteiger partial charge is 0.465 e. The Bertz CT molecular complexity index is 3290. The average Bonchev–Trinajstić information content (AvgIpc) is 3.65. The fourth-order valence-corrected chi connectivity index (χ4v) is 12.8. The molecule has 5 heterocycles.